The van der Waals surface area contributed by atoms with E-state index in [1.54, 1.807) is 0 Å². The van der Waals surface area contributed by atoms with Crippen LogP contribution >= 0.6 is 24.0 Å². The summed E-state index contributed by atoms with van der Waals surface area (Å²) < 4.78 is 4.86. The normalized spacial score (nSPS) is 21.8. The average molecular weight is 468 g/mol. The zero-order chi connectivity index (χ0) is 22.6. The highest BCUT2D eigenvalue weighted by Crippen LogP contribution is 2.42. The fourth-order valence-electron chi connectivity index (χ4n) is 3.60. The number of rotatable bonds is 6. The predicted octanol–water partition coefficient (Wildman–Crippen LogP) is 4.36. The quantitative estimate of drug-likeness (QED) is 0.208. The van der Waals surface area contributed by atoms with Gasteiger partial charge in [0.2, 0.25) is 0 Å². The Labute approximate surface area is 189 Å². The van der Waals surface area contributed by atoms with E-state index in [0.717, 1.165) is 32.1 Å². The predicted molar refractivity (Wildman–Crippen MR) is 122 cm³/mol. The molecule has 1 aromatic heterocycles. The zero-order valence-electron chi connectivity index (χ0n) is 17.3. The number of allylic oxidation sites excluding steroid dienone is 1. The number of urea groups is 1. The van der Waals surface area contributed by atoms with Gasteiger partial charge in [0.1, 0.15) is 10.7 Å². The summed E-state index contributed by atoms with van der Waals surface area (Å²) in [6.07, 6.45) is 8.75. The Morgan fingerprint density at radius 3 is 2.81 bits per heavy atom. The molecule has 2 heterocycles. The Bertz CT molecular complexity index is 894. The fourth-order valence-corrected chi connectivity index (χ4v) is 5.39. The second-order valence-corrected chi connectivity index (χ2v) is 10.2. The molecule has 1 aliphatic carbocycles. The first-order chi connectivity index (χ1) is 14.7. The SMILES string of the molecule is CC1(C)SC(=S)N(/N=C/C=C/c2ccc([N+](=O)[O-])o2)C1N(O)C(=O)NC1CCCCC1. The van der Waals surface area contributed by atoms with Gasteiger partial charge in [0.25, 0.3) is 0 Å². The van der Waals surface area contributed by atoms with Crippen LogP contribution in [0.15, 0.2) is 27.7 Å². The van der Waals surface area contributed by atoms with Crippen molar-refractivity contribution in [2.45, 2.75) is 62.9 Å². The molecule has 2 N–H and O–H groups in total. The maximum absolute atomic E-state index is 12.7. The Morgan fingerprint density at radius 1 is 1.45 bits per heavy atom. The number of nitrogens with zero attached hydrogens (tertiary/aromatic N) is 4. The lowest BCUT2D eigenvalue weighted by Crippen LogP contribution is -2.57. The zero-order valence-corrected chi connectivity index (χ0v) is 18.9. The molecule has 1 aliphatic heterocycles. The van der Waals surface area contributed by atoms with Gasteiger partial charge in [-0.2, -0.15) is 10.2 Å². The van der Waals surface area contributed by atoms with Gasteiger partial charge >= 0.3 is 11.9 Å². The van der Waals surface area contributed by atoms with Gasteiger partial charge in [-0.25, -0.2) is 9.80 Å². The van der Waals surface area contributed by atoms with Crippen LogP contribution in [0.1, 0.15) is 51.7 Å². The number of nitro groups is 1. The molecule has 1 unspecified atom stereocenters. The first-order valence-electron chi connectivity index (χ1n) is 9.95. The van der Waals surface area contributed by atoms with Crippen molar-refractivity contribution >= 4 is 52.5 Å². The van der Waals surface area contributed by atoms with E-state index in [2.05, 4.69) is 10.4 Å². The third kappa shape index (κ3) is 5.63. The van der Waals surface area contributed by atoms with Gasteiger partial charge in [0.05, 0.1) is 10.8 Å². The number of furan rings is 1. The summed E-state index contributed by atoms with van der Waals surface area (Å²) in [6.45, 7) is 3.75. The summed E-state index contributed by atoms with van der Waals surface area (Å²) in [5.41, 5.74) is 0. The summed E-state index contributed by atoms with van der Waals surface area (Å²) in [5.74, 6) is -0.0560. The van der Waals surface area contributed by atoms with Gasteiger partial charge in [-0.1, -0.05) is 43.2 Å². The standard InChI is InChI=1S/C19H25N5O5S2/c1-19(2)16(23(26)17(25)21-13-7-4-3-5-8-13)22(18(30)31-19)20-12-6-9-14-10-11-15(29-14)24(27)28/h6,9-13,16,26H,3-5,7-8H2,1-2H3,(H,21,25)/b9-6+,20-12+. The third-order valence-corrected chi connectivity index (χ3v) is 6.63. The van der Waals surface area contributed by atoms with E-state index < -0.39 is 21.9 Å². The second kappa shape index (κ2) is 9.79. The number of thiocarbonyl (C=S) groups is 1. The number of carbonyl (C=O) groups is 1. The van der Waals surface area contributed by atoms with Gasteiger partial charge in [0, 0.05) is 12.3 Å². The number of hydroxylamine groups is 2. The maximum atomic E-state index is 12.7. The summed E-state index contributed by atoms with van der Waals surface area (Å²) >= 11 is 6.73. The Kier molecular flexibility index (Phi) is 7.34. The van der Waals surface area contributed by atoms with Crippen molar-refractivity contribution in [3.05, 3.63) is 34.1 Å². The minimum absolute atomic E-state index is 0.0530. The smallest absolute Gasteiger partial charge is 0.401 e. The van der Waals surface area contributed by atoms with E-state index in [4.69, 9.17) is 16.6 Å². The van der Waals surface area contributed by atoms with Crippen LogP contribution in [-0.4, -0.2) is 53.7 Å². The van der Waals surface area contributed by atoms with Crippen LogP contribution < -0.4 is 5.32 Å². The van der Waals surface area contributed by atoms with Crippen LogP contribution in [0.4, 0.5) is 10.7 Å². The minimum Gasteiger partial charge on any atom is -0.401 e. The number of thioether (sulfide) groups is 1. The molecule has 1 aromatic rings. The molecule has 1 saturated heterocycles. The minimum atomic E-state index is -0.803. The highest BCUT2D eigenvalue weighted by Gasteiger charge is 2.50. The summed E-state index contributed by atoms with van der Waals surface area (Å²) in [6, 6.07) is 2.21. The van der Waals surface area contributed by atoms with E-state index in [0.29, 0.717) is 15.1 Å². The molecule has 0 aromatic carbocycles. The van der Waals surface area contributed by atoms with Gasteiger partial charge in [0.15, 0.2) is 10.5 Å². The Balaban J connectivity index is 1.68. The van der Waals surface area contributed by atoms with Crippen molar-refractivity contribution in [1.82, 2.24) is 15.4 Å². The maximum Gasteiger partial charge on any atom is 0.433 e. The monoisotopic (exact) mass is 467 g/mol. The first-order valence-corrected chi connectivity index (χ1v) is 11.2. The van der Waals surface area contributed by atoms with E-state index in [1.807, 2.05) is 13.8 Å². The number of amides is 2. The van der Waals surface area contributed by atoms with Gasteiger partial charge in [-0.05, 0) is 44.9 Å². The van der Waals surface area contributed by atoms with E-state index in [9.17, 15) is 20.1 Å². The summed E-state index contributed by atoms with van der Waals surface area (Å²) in [4.78, 5) is 22.7. The molecular formula is C19H25N5O5S2. The molecule has 168 valence electrons. The van der Waals surface area contributed by atoms with Crippen molar-refractivity contribution in [2.24, 2.45) is 5.10 Å². The van der Waals surface area contributed by atoms with Crippen molar-refractivity contribution in [3.63, 3.8) is 0 Å². The molecule has 31 heavy (non-hydrogen) atoms. The van der Waals surface area contributed by atoms with Crippen molar-refractivity contribution in [2.75, 3.05) is 0 Å². The lowest BCUT2D eigenvalue weighted by molar-refractivity contribution is -0.402. The number of hydrazone groups is 1. The molecule has 12 heteroatoms. The van der Waals surface area contributed by atoms with Gasteiger partial charge in [-0.3, -0.25) is 15.3 Å². The fraction of sp³-hybridized carbons (Fsp3) is 0.526. The number of hydrogen-bond acceptors (Lipinski definition) is 8. The first kappa shape index (κ1) is 23.2. The summed E-state index contributed by atoms with van der Waals surface area (Å²) in [5, 5.41) is 30.6. The van der Waals surface area contributed by atoms with E-state index >= 15 is 0 Å². The van der Waals surface area contributed by atoms with Gasteiger partial charge in [-0.15, -0.1) is 0 Å². The molecule has 2 aliphatic rings. The molecule has 2 amide bonds. The van der Waals surface area contributed by atoms with Crippen molar-refractivity contribution in [3.8, 4) is 0 Å². The van der Waals surface area contributed by atoms with Crippen LogP contribution in [-0.2, 0) is 0 Å². The second-order valence-electron chi connectivity index (χ2n) is 7.88. The molecule has 0 bridgehead atoms. The van der Waals surface area contributed by atoms with Crippen LogP contribution in [0.25, 0.3) is 6.08 Å². The molecule has 2 fully saturated rings. The molecule has 3 rings (SSSR count). The molecule has 1 saturated carbocycles. The lowest BCUT2D eigenvalue weighted by atomic mass is 9.96. The highest BCUT2D eigenvalue weighted by molar-refractivity contribution is 8.24. The van der Waals surface area contributed by atoms with Crippen LogP contribution in [0, 0.1) is 10.1 Å². The van der Waals surface area contributed by atoms with Crippen molar-refractivity contribution < 1.29 is 19.3 Å². The molecule has 0 spiro atoms. The number of nitrogens with one attached hydrogen (secondary N) is 1. The molecule has 0 radical (unpaired) electrons. The van der Waals surface area contributed by atoms with Crippen LogP contribution in [0.3, 0.4) is 0 Å². The van der Waals surface area contributed by atoms with Gasteiger partial charge < -0.3 is 9.73 Å². The third-order valence-electron chi connectivity index (χ3n) is 5.09. The van der Waals surface area contributed by atoms with Crippen LogP contribution in [0.2, 0.25) is 0 Å². The van der Waals surface area contributed by atoms with E-state index in [1.165, 1.54) is 47.3 Å². The van der Waals surface area contributed by atoms with E-state index in [-0.39, 0.29) is 11.9 Å². The highest BCUT2D eigenvalue weighted by atomic mass is 32.2. The lowest BCUT2D eigenvalue weighted by Gasteiger charge is -2.35. The molecular weight excluding hydrogens is 442 g/mol. The molecule has 10 nitrogen and oxygen atoms in total. The Morgan fingerprint density at radius 2 is 2.16 bits per heavy atom. The average Bonchev–Trinajstić information content (AvgIpc) is 3.27. The summed E-state index contributed by atoms with van der Waals surface area (Å²) in [7, 11) is 0. The number of hydrogen-bond donors (Lipinski definition) is 2. The van der Waals surface area contributed by atoms with Crippen molar-refractivity contribution in [1.29, 1.82) is 0 Å². The van der Waals surface area contributed by atoms with Crippen LogP contribution in [0.5, 0.6) is 0 Å². The number of carbonyl (C=O) groups excluding carboxylic acids is 1. The Hall–Kier alpha value is -2.44. The topological polar surface area (TPSA) is 124 Å². The largest absolute Gasteiger partial charge is 0.433 e. The molecule has 1 atom stereocenters.